The lowest BCUT2D eigenvalue weighted by molar-refractivity contribution is -0.117. The van der Waals surface area contributed by atoms with Crippen molar-refractivity contribution in [2.75, 3.05) is 5.32 Å². The molecular weight excluding hydrogens is 246 g/mol. The maximum Gasteiger partial charge on any atom is 0.221 e. The second kappa shape index (κ2) is 6.05. The second-order valence-corrected chi connectivity index (χ2v) is 6.73. The van der Waals surface area contributed by atoms with Crippen LogP contribution in [0.1, 0.15) is 34.1 Å². The Kier molecular flexibility index (Phi) is 4.96. The van der Waals surface area contributed by atoms with Gasteiger partial charge in [0.25, 0.3) is 0 Å². The molecule has 1 aromatic carbocycles. The van der Waals surface area contributed by atoms with Crippen molar-refractivity contribution in [1.82, 2.24) is 0 Å². The fourth-order valence-electron chi connectivity index (χ4n) is 1.76. The molecule has 0 bridgehead atoms. The molecule has 1 N–H and O–H groups in total. The smallest absolute Gasteiger partial charge is 0.221 e. The number of carbonyl (C=O) groups is 2. The van der Waals surface area contributed by atoms with E-state index in [4.69, 9.17) is 0 Å². The van der Waals surface area contributed by atoms with Crippen LogP contribution < -0.4 is 5.32 Å². The molecule has 98 valence electrons. The monoisotopic (exact) mass is 265 g/mol. The highest BCUT2D eigenvalue weighted by Crippen LogP contribution is 2.35. The number of carbonyl (C=O) groups excluding carboxylic acids is 2. The number of ketones is 1. The molecular formula is C14H19NO2S. The standard InChI is InChI=1S/C14H19NO2S/c1-10(16)9-14(3,4)18-13-7-5-12(6-8-13)15-11(2)17/h5-8H,9H2,1-4H3,(H,15,17). The van der Waals surface area contributed by atoms with Crippen LogP contribution in [0.15, 0.2) is 29.2 Å². The third-order valence-corrected chi connectivity index (χ3v) is 3.45. The van der Waals surface area contributed by atoms with E-state index >= 15 is 0 Å². The van der Waals surface area contributed by atoms with Gasteiger partial charge in [0.1, 0.15) is 5.78 Å². The van der Waals surface area contributed by atoms with Gasteiger partial charge in [-0.1, -0.05) is 0 Å². The predicted octanol–water partition coefficient (Wildman–Crippen LogP) is 3.49. The SMILES string of the molecule is CC(=O)CC(C)(C)Sc1ccc(NC(C)=O)cc1. The van der Waals surface area contributed by atoms with Crippen LogP contribution >= 0.6 is 11.8 Å². The Balaban J connectivity index is 2.68. The zero-order valence-electron chi connectivity index (χ0n) is 11.2. The summed E-state index contributed by atoms with van der Waals surface area (Å²) in [7, 11) is 0. The van der Waals surface area contributed by atoms with Crippen LogP contribution in [0.25, 0.3) is 0 Å². The van der Waals surface area contributed by atoms with Crippen molar-refractivity contribution in [2.24, 2.45) is 0 Å². The molecule has 1 rings (SSSR count). The van der Waals surface area contributed by atoms with E-state index in [1.807, 2.05) is 24.3 Å². The van der Waals surface area contributed by atoms with E-state index in [1.54, 1.807) is 18.7 Å². The molecule has 0 radical (unpaired) electrons. The Hall–Kier alpha value is -1.29. The molecule has 0 aliphatic heterocycles. The van der Waals surface area contributed by atoms with Crippen LogP contribution in [-0.2, 0) is 9.59 Å². The van der Waals surface area contributed by atoms with Crippen molar-refractivity contribution in [2.45, 2.75) is 43.8 Å². The molecule has 0 aliphatic rings. The molecule has 1 aromatic rings. The number of anilines is 1. The topological polar surface area (TPSA) is 46.2 Å². The van der Waals surface area contributed by atoms with Gasteiger partial charge in [0.05, 0.1) is 0 Å². The highest BCUT2D eigenvalue weighted by atomic mass is 32.2. The molecule has 0 aromatic heterocycles. The van der Waals surface area contributed by atoms with E-state index < -0.39 is 0 Å². The quantitative estimate of drug-likeness (QED) is 0.829. The van der Waals surface area contributed by atoms with Gasteiger partial charge in [-0.2, -0.15) is 0 Å². The van der Waals surface area contributed by atoms with Crippen LogP contribution in [0.5, 0.6) is 0 Å². The van der Waals surface area contributed by atoms with Gasteiger partial charge in [-0.15, -0.1) is 11.8 Å². The lowest BCUT2D eigenvalue weighted by Crippen LogP contribution is -2.18. The molecule has 0 atom stereocenters. The van der Waals surface area contributed by atoms with Gasteiger partial charge in [0.2, 0.25) is 5.91 Å². The molecule has 1 amide bonds. The van der Waals surface area contributed by atoms with Crippen molar-refractivity contribution < 1.29 is 9.59 Å². The Morgan fingerprint density at radius 2 is 1.72 bits per heavy atom. The van der Waals surface area contributed by atoms with Gasteiger partial charge >= 0.3 is 0 Å². The van der Waals surface area contributed by atoms with E-state index in [1.165, 1.54) is 6.92 Å². The van der Waals surface area contributed by atoms with Crippen molar-refractivity contribution in [3.05, 3.63) is 24.3 Å². The molecule has 3 nitrogen and oxygen atoms in total. The largest absolute Gasteiger partial charge is 0.326 e. The van der Waals surface area contributed by atoms with Gasteiger partial charge in [0.15, 0.2) is 0 Å². The molecule has 0 saturated carbocycles. The first kappa shape index (κ1) is 14.8. The maximum atomic E-state index is 11.2. The molecule has 0 aliphatic carbocycles. The molecule has 0 saturated heterocycles. The summed E-state index contributed by atoms with van der Waals surface area (Å²) in [6.07, 6.45) is 0.547. The summed E-state index contributed by atoms with van der Waals surface area (Å²) in [5, 5.41) is 2.72. The summed E-state index contributed by atoms with van der Waals surface area (Å²) in [5.74, 6) is 0.120. The van der Waals surface area contributed by atoms with E-state index in [2.05, 4.69) is 19.2 Å². The summed E-state index contributed by atoms with van der Waals surface area (Å²) >= 11 is 1.67. The fourth-order valence-corrected chi connectivity index (χ4v) is 2.95. The van der Waals surface area contributed by atoms with Crippen LogP contribution in [0.3, 0.4) is 0 Å². The van der Waals surface area contributed by atoms with Crippen molar-refractivity contribution in [3.8, 4) is 0 Å². The lowest BCUT2D eigenvalue weighted by atomic mass is 10.1. The summed E-state index contributed by atoms with van der Waals surface area (Å²) in [5.41, 5.74) is 0.788. The molecule has 18 heavy (non-hydrogen) atoms. The van der Waals surface area contributed by atoms with E-state index in [-0.39, 0.29) is 16.4 Å². The molecule has 4 heteroatoms. The van der Waals surface area contributed by atoms with Gasteiger partial charge in [-0.05, 0) is 45.0 Å². The van der Waals surface area contributed by atoms with Crippen LogP contribution in [0, 0.1) is 0 Å². The molecule has 0 fully saturated rings. The van der Waals surface area contributed by atoms with Crippen LogP contribution in [-0.4, -0.2) is 16.4 Å². The Morgan fingerprint density at radius 3 is 2.17 bits per heavy atom. The number of hydrogen-bond donors (Lipinski definition) is 1. The van der Waals surface area contributed by atoms with Crippen molar-refractivity contribution >= 4 is 29.1 Å². The Labute approximate surface area is 112 Å². The minimum Gasteiger partial charge on any atom is -0.326 e. The van der Waals surface area contributed by atoms with Crippen molar-refractivity contribution in [3.63, 3.8) is 0 Å². The normalized spacial score (nSPS) is 11.1. The number of amides is 1. The third-order valence-electron chi connectivity index (χ3n) is 2.24. The number of rotatable bonds is 5. The Morgan fingerprint density at radius 1 is 1.17 bits per heavy atom. The third kappa shape index (κ3) is 5.36. The summed E-state index contributed by atoms with van der Waals surface area (Å²) in [4.78, 5) is 23.2. The van der Waals surface area contributed by atoms with E-state index in [0.717, 1.165) is 10.6 Å². The highest BCUT2D eigenvalue weighted by molar-refractivity contribution is 8.00. The fraction of sp³-hybridized carbons (Fsp3) is 0.429. The molecule has 0 unspecified atom stereocenters. The number of nitrogens with one attached hydrogen (secondary N) is 1. The number of benzene rings is 1. The van der Waals surface area contributed by atoms with Crippen LogP contribution in [0.2, 0.25) is 0 Å². The summed E-state index contributed by atoms with van der Waals surface area (Å²) in [6, 6.07) is 7.65. The van der Waals surface area contributed by atoms with Gasteiger partial charge < -0.3 is 5.32 Å². The molecule has 0 heterocycles. The maximum absolute atomic E-state index is 11.2. The van der Waals surface area contributed by atoms with Crippen molar-refractivity contribution in [1.29, 1.82) is 0 Å². The summed E-state index contributed by atoms with van der Waals surface area (Å²) in [6.45, 7) is 7.21. The van der Waals surface area contributed by atoms with Gasteiger partial charge in [-0.25, -0.2) is 0 Å². The van der Waals surface area contributed by atoms with Gasteiger partial charge in [-0.3, -0.25) is 9.59 Å². The van der Waals surface area contributed by atoms with E-state index in [0.29, 0.717) is 6.42 Å². The number of Topliss-reactive ketones (excluding diaryl/α,β-unsaturated/α-hetero) is 1. The summed E-state index contributed by atoms with van der Waals surface area (Å²) < 4.78 is -0.110. The highest BCUT2D eigenvalue weighted by Gasteiger charge is 2.21. The van der Waals surface area contributed by atoms with Gasteiger partial charge in [0, 0.05) is 28.7 Å². The Bertz CT molecular complexity index is 438. The number of thioether (sulfide) groups is 1. The first-order chi connectivity index (χ1) is 8.28. The lowest BCUT2D eigenvalue weighted by Gasteiger charge is -2.22. The average Bonchev–Trinajstić information content (AvgIpc) is 2.17. The second-order valence-electron chi connectivity index (χ2n) is 4.95. The minimum absolute atomic E-state index is 0.0766. The van der Waals surface area contributed by atoms with Crippen LogP contribution in [0.4, 0.5) is 5.69 Å². The minimum atomic E-state index is -0.110. The number of hydrogen-bond acceptors (Lipinski definition) is 3. The zero-order valence-corrected chi connectivity index (χ0v) is 12.1. The predicted molar refractivity (Wildman–Crippen MR) is 76.0 cm³/mol. The van der Waals surface area contributed by atoms with E-state index in [9.17, 15) is 9.59 Å². The first-order valence-electron chi connectivity index (χ1n) is 5.84. The zero-order chi connectivity index (χ0) is 13.8. The first-order valence-corrected chi connectivity index (χ1v) is 6.66. The average molecular weight is 265 g/mol. The molecule has 0 spiro atoms.